The molecule has 2 amide bonds. The SMILES string of the molecule is CCc1noc(CC)c1CNC(=NC)NCc1ccc(C(=O)NCC(N)=O)cc1.I. The maximum Gasteiger partial charge on any atom is 0.251 e. The van der Waals surface area contributed by atoms with Gasteiger partial charge in [-0.25, -0.2) is 0 Å². The summed E-state index contributed by atoms with van der Waals surface area (Å²) in [5, 5.41) is 13.1. The van der Waals surface area contributed by atoms with Gasteiger partial charge in [0, 0.05) is 37.7 Å². The van der Waals surface area contributed by atoms with E-state index >= 15 is 0 Å². The van der Waals surface area contributed by atoms with Crippen LogP contribution < -0.4 is 21.7 Å². The van der Waals surface area contributed by atoms with Crippen LogP contribution in [0.5, 0.6) is 0 Å². The normalized spacial score (nSPS) is 10.8. The van der Waals surface area contributed by atoms with Crippen molar-refractivity contribution in [2.75, 3.05) is 13.6 Å². The van der Waals surface area contributed by atoms with Crippen molar-refractivity contribution in [3.63, 3.8) is 0 Å². The number of hydrogen-bond donors (Lipinski definition) is 4. The number of primary amides is 1. The molecular formula is C20H29IN6O3. The van der Waals surface area contributed by atoms with Crippen LogP contribution in [0.15, 0.2) is 33.8 Å². The summed E-state index contributed by atoms with van der Waals surface area (Å²) in [4.78, 5) is 26.9. The summed E-state index contributed by atoms with van der Waals surface area (Å²) >= 11 is 0. The molecule has 0 aliphatic heterocycles. The Balaban J connectivity index is 0.00000450. The molecule has 0 unspecified atom stereocenters. The highest BCUT2D eigenvalue weighted by Gasteiger charge is 2.13. The lowest BCUT2D eigenvalue weighted by molar-refractivity contribution is -0.117. The summed E-state index contributed by atoms with van der Waals surface area (Å²) in [6.07, 6.45) is 1.60. The molecule has 0 atom stereocenters. The number of aryl methyl sites for hydroxylation is 2. The fourth-order valence-corrected chi connectivity index (χ4v) is 2.76. The van der Waals surface area contributed by atoms with Crippen LogP contribution in [-0.2, 0) is 30.7 Å². The van der Waals surface area contributed by atoms with Crippen LogP contribution in [0.3, 0.4) is 0 Å². The fourth-order valence-electron chi connectivity index (χ4n) is 2.76. The predicted octanol–water partition coefficient (Wildman–Crippen LogP) is 1.50. The van der Waals surface area contributed by atoms with Gasteiger partial charge in [-0.2, -0.15) is 0 Å². The number of benzene rings is 1. The van der Waals surface area contributed by atoms with Crippen molar-refractivity contribution >= 4 is 41.8 Å². The van der Waals surface area contributed by atoms with E-state index in [1.807, 2.05) is 26.0 Å². The van der Waals surface area contributed by atoms with Crippen molar-refractivity contribution in [2.45, 2.75) is 39.8 Å². The van der Waals surface area contributed by atoms with Gasteiger partial charge in [0.25, 0.3) is 5.91 Å². The van der Waals surface area contributed by atoms with E-state index in [4.69, 9.17) is 10.3 Å². The van der Waals surface area contributed by atoms with E-state index in [-0.39, 0.29) is 36.4 Å². The third-order valence-corrected chi connectivity index (χ3v) is 4.36. The molecule has 0 aliphatic carbocycles. The molecule has 5 N–H and O–H groups in total. The zero-order chi connectivity index (χ0) is 21.2. The molecule has 2 aromatic rings. The van der Waals surface area contributed by atoms with E-state index in [9.17, 15) is 9.59 Å². The van der Waals surface area contributed by atoms with Crippen LogP contribution in [0.2, 0.25) is 0 Å². The van der Waals surface area contributed by atoms with Gasteiger partial charge in [0.2, 0.25) is 5.91 Å². The van der Waals surface area contributed by atoms with Gasteiger partial charge in [-0.1, -0.05) is 31.1 Å². The Bertz CT molecular complexity index is 842. The summed E-state index contributed by atoms with van der Waals surface area (Å²) in [6.45, 7) is 5.01. The van der Waals surface area contributed by atoms with E-state index in [0.29, 0.717) is 24.6 Å². The zero-order valence-corrected chi connectivity index (χ0v) is 19.8. The van der Waals surface area contributed by atoms with Gasteiger partial charge < -0.3 is 26.2 Å². The molecule has 9 nitrogen and oxygen atoms in total. The van der Waals surface area contributed by atoms with Gasteiger partial charge in [-0.15, -0.1) is 24.0 Å². The third-order valence-electron chi connectivity index (χ3n) is 4.36. The molecule has 1 aromatic carbocycles. The zero-order valence-electron chi connectivity index (χ0n) is 17.4. The monoisotopic (exact) mass is 528 g/mol. The Morgan fingerprint density at radius 1 is 1.07 bits per heavy atom. The molecule has 0 radical (unpaired) electrons. The number of halogens is 1. The fraction of sp³-hybridized carbons (Fsp3) is 0.400. The first-order valence-corrected chi connectivity index (χ1v) is 9.54. The number of hydrogen-bond acceptors (Lipinski definition) is 5. The number of carbonyl (C=O) groups excluding carboxylic acids is 2. The van der Waals surface area contributed by atoms with Gasteiger partial charge in [-0.3, -0.25) is 14.6 Å². The van der Waals surface area contributed by atoms with Crippen molar-refractivity contribution in [1.29, 1.82) is 0 Å². The smallest absolute Gasteiger partial charge is 0.251 e. The first-order valence-electron chi connectivity index (χ1n) is 9.54. The molecule has 0 saturated carbocycles. The number of aliphatic imine (C=N–C) groups is 1. The van der Waals surface area contributed by atoms with E-state index < -0.39 is 5.91 Å². The maximum absolute atomic E-state index is 11.9. The van der Waals surface area contributed by atoms with Crippen LogP contribution in [0.25, 0.3) is 0 Å². The summed E-state index contributed by atoms with van der Waals surface area (Å²) in [6, 6.07) is 7.07. The Hall–Kier alpha value is -2.63. The number of rotatable bonds is 9. The molecule has 1 aromatic heterocycles. The Morgan fingerprint density at radius 2 is 1.73 bits per heavy atom. The summed E-state index contributed by atoms with van der Waals surface area (Å²) in [5.41, 5.74) is 8.49. The van der Waals surface area contributed by atoms with Gasteiger partial charge in [0.15, 0.2) is 5.96 Å². The first-order chi connectivity index (χ1) is 14.0. The highest BCUT2D eigenvalue weighted by molar-refractivity contribution is 14.0. The Kier molecular flexibility index (Phi) is 10.9. The lowest BCUT2D eigenvalue weighted by atomic mass is 10.1. The van der Waals surface area contributed by atoms with Crippen LogP contribution >= 0.6 is 24.0 Å². The number of aromatic nitrogens is 1. The summed E-state index contributed by atoms with van der Waals surface area (Å²) in [5.74, 6) is 0.614. The van der Waals surface area contributed by atoms with E-state index in [1.54, 1.807) is 19.2 Å². The average Bonchev–Trinajstić information content (AvgIpc) is 3.14. The van der Waals surface area contributed by atoms with Crippen molar-refractivity contribution < 1.29 is 14.1 Å². The van der Waals surface area contributed by atoms with Crippen LogP contribution in [0.4, 0.5) is 0 Å². The third kappa shape index (κ3) is 7.32. The Morgan fingerprint density at radius 3 is 2.30 bits per heavy atom. The molecule has 30 heavy (non-hydrogen) atoms. The second kappa shape index (κ2) is 12.8. The number of nitrogens with zero attached hydrogens (tertiary/aromatic N) is 2. The molecule has 0 fully saturated rings. The Labute approximate surface area is 193 Å². The summed E-state index contributed by atoms with van der Waals surface area (Å²) < 4.78 is 5.38. The lowest BCUT2D eigenvalue weighted by Gasteiger charge is -2.12. The number of nitrogens with two attached hydrogens (primary N) is 1. The first kappa shape index (κ1) is 25.4. The lowest BCUT2D eigenvalue weighted by Crippen LogP contribution is -2.36. The van der Waals surface area contributed by atoms with Gasteiger partial charge >= 0.3 is 0 Å². The second-order valence-electron chi connectivity index (χ2n) is 6.36. The number of carbonyl (C=O) groups is 2. The van der Waals surface area contributed by atoms with E-state index in [1.165, 1.54) is 0 Å². The van der Waals surface area contributed by atoms with Crippen LogP contribution in [-0.4, -0.2) is 36.5 Å². The van der Waals surface area contributed by atoms with Gasteiger partial charge in [0.1, 0.15) is 5.76 Å². The molecule has 0 aliphatic rings. The van der Waals surface area contributed by atoms with E-state index in [2.05, 4.69) is 26.1 Å². The molecule has 0 spiro atoms. The van der Waals surface area contributed by atoms with E-state index in [0.717, 1.165) is 35.4 Å². The van der Waals surface area contributed by atoms with Gasteiger partial charge in [0.05, 0.1) is 12.2 Å². The predicted molar refractivity (Wildman–Crippen MR) is 126 cm³/mol. The quantitative estimate of drug-likeness (QED) is 0.222. The maximum atomic E-state index is 11.9. The minimum absolute atomic E-state index is 0. The van der Waals surface area contributed by atoms with Crippen LogP contribution in [0.1, 0.15) is 46.8 Å². The second-order valence-corrected chi connectivity index (χ2v) is 6.36. The van der Waals surface area contributed by atoms with Gasteiger partial charge in [-0.05, 0) is 24.1 Å². The van der Waals surface area contributed by atoms with Crippen molar-refractivity contribution in [3.8, 4) is 0 Å². The standard InChI is InChI=1S/C20H28N6O3.HI/c1-4-16-15(17(5-2)29-26-16)11-25-20(22-3)24-10-13-6-8-14(9-7-13)19(28)23-12-18(21)27;/h6-9H,4-5,10-12H2,1-3H3,(H2,21,27)(H,23,28)(H2,22,24,25);1H. The molecule has 1 heterocycles. The summed E-state index contributed by atoms with van der Waals surface area (Å²) in [7, 11) is 1.70. The number of amides is 2. The topological polar surface area (TPSA) is 135 Å². The van der Waals surface area contributed by atoms with Crippen molar-refractivity contribution in [1.82, 2.24) is 21.1 Å². The molecular weight excluding hydrogens is 499 g/mol. The highest BCUT2D eigenvalue weighted by atomic mass is 127. The molecule has 0 bridgehead atoms. The minimum atomic E-state index is -0.582. The van der Waals surface area contributed by atoms with Crippen molar-refractivity contribution in [2.24, 2.45) is 10.7 Å². The average molecular weight is 528 g/mol. The molecule has 2 rings (SSSR count). The minimum Gasteiger partial charge on any atom is -0.368 e. The number of guanidine groups is 1. The van der Waals surface area contributed by atoms with Crippen molar-refractivity contribution in [3.05, 3.63) is 52.4 Å². The van der Waals surface area contributed by atoms with Crippen LogP contribution in [0, 0.1) is 0 Å². The molecule has 0 saturated heterocycles. The molecule has 164 valence electrons. The number of nitrogens with one attached hydrogen (secondary N) is 3. The molecule has 10 heteroatoms. The highest BCUT2D eigenvalue weighted by Crippen LogP contribution is 2.15. The largest absolute Gasteiger partial charge is 0.368 e.